The number of halogens is 1. The Morgan fingerprint density at radius 2 is 1.81 bits per heavy atom. The Hall–Kier alpha value is -2.83. The molecule has 132 valence electrons. The van der Waals surface area contributed by atoms with Gasteiger partial charge in [0.15, 0.2) is 0 Å². The van der Waals surface area contributed by atoms with Crippen LogP contribution in [0.4, 0.5) is 5.00 Å². The van der Waals surface area contributed by atoms with E-state index in [4.69, 9.17) is 11.6 Å². The number of carboxylic acid groups (broad SMARTS) is 1. The Morgan fingerprint density at radius 1 is 1.12 bits per heavy atom. The number of aromatic carboxylic acids is 1. The zero-order valence-electron chi connectivity index (χ0n) is 13.6. The third kappa shape index (κ3) is 3.56. The number of benzene rings is 2. The monoisotopic (exact) mass is 387 g/mol. The summed E-state index contributed by atoms with van der Waals surface area (Å²) in [6.45, 7) is 1.79. The fourth-order valence-corrected chi connectivity index (χ4v) is 3.59. The average Bonchev–Trinajstić information content (AvgIpc) is 2.99. The quantitative estimate of drug-likeness (QED) is 0.585. The molecule has 0 aliphatic heterocycles. The summed E-state index contributed by atoms with van der Waals surface area (Å²) in [5.41, 5.74) is 2.06. The highest BCUT2D eigenvalue weighted by Crippen LogP contribution is 2.36. The van der Waals surface area contributed by atoms with Crippen LogP contribution in [0, 0.1) is 6.92 Å². The Labute approximate surface area is 158 Å². The van der Waals surface area contributed by atoms with E-state index in [1.54, 1.807) is 42.6 Å². The molecule has 0 atom stereocenters. The van der Waals surface area contributed by atoms with Crippen molar-refractivity contribution in [2.45, 2.75) is 6.92 Å². The maximum atomic E-state index is 12.4. The summed E-state index contributed by atoms with van der Waals surface area (Å²) in [5, 5.41) is 24.5. The predicted molar refractivity (Wildman–Crippen MR) is 103 cm³/mol. The van der Waals surface area contributed by atoms with Gasteiger partial charge in [0.05, 0.1) is 5.56 Å². The lowest BCUT2D eigenvalue weighted by Crippen LogP contribution is -2.13. The summed E-state index contributed by atoms with van der Waals surface area (Å²) in [7, 11) is 0. The molecule has 0 bridgehead atoms. The molecule has 7 heteroatoms. The first-order valence-corrected chi connectivity index (χ1v) is 8.84. The fourth-order valence-electron chi connectivity index (χ4n) is 2.51. The number of aromatic hydroxyl groups is 1. The standard InChI is InChI=1S/C19H14ClNO4S/c1-10-2-7-13(15(22)8-10)17(23)21-18-16(19(24)25)14(9-26-18)11-3-5-12(20)6-4-11/h2-9,22H,1H3,(H,21,23)(H,24,25). The minimum absolute atomic E-state index is 0.00252. The second-order valence-corrected chi connectivity index (χ2v) is 6.96. The van der Waals surface area contributed by atoms with Crippen molar-refractivity contribution in [1.82, 2.24) is 0 Å². The molecular formula is C19H14ClNO4S. The first-order chi connectivity index (χ1) is 12.4. The van der Waals surface area contributed by atoms with E-state index in [9.17, 15) is 19.8 Å². The number of anilines is 1. The molecule has 0 saturated carbocycles. The smallest absolute Gasteiger partial charge is 0.339 e. The summed E-state index contributed by atoms with van der Waals surface area (Å²) in [6.07, 6.45) is 0. The Kier molecular flexibility index (Phi) is 4.97. The zero-order chi connectivity index (χ0) is 18.8. The zero-order valence-corrected chi connectivity index (χ0v) is 15.2. The predicted octanol–water partition coefficient (Wildman–Crippen LogP) is 5.03. The van der Waals surface area contributed by atoms with Gasteiger partial charge in [-0.3, -0.25) is 4.79 Å². The Morgan fingerprint density at radius 3 is 2.42 bits per heavy atom. The molecule has 5 nitrogen and oxygen atoms in total. The average molecular weight is 388 g/mol. The van der Waals surface area contributed by atoms with Gasteiger partial charge < -0.3 is 15.5 Å². The van der Waals surface area contributed by atoms with Gasteiger partial charge >= 0.3 is 5.97 Å². The number of phenolic OH excluding ortho intramolecular Hbond substituents is 1. The van der Waals surface area contributed by atoms with Crippen molar-refractivity contribution in [3.8, 4) is 16.9 Å². The molecule has 0 unspecified atom stereocenters. The summed E-state index contributed by atoms with van der Waals surface area (Å²) < 4.78 is 0. The number of nitrogens with one attached hydrogen (secondary N) is 1. The second kappa shape index (κ2) is 7.19. The molecule has 0 aliphatic rings. The summed E-state index contributed by atoms with van der Waals surface area (Å²) in [5.74, 6) is -1.89. The van der Waals surface area contributed by atoms with E-state index < -0.39 is 11.9 Å². The molecule has 1 heterocycles. The lowest BCUT2D eigenvalue weighted by molar-refractivity contribution is 0.0699. The highest BCUT2D eigenvalue weighted by molar-refractivity contribution is 7.15. The number of aryl methyl sites for hydroxylation is 1. The van der Waals surface area contributed by atoms with E-state index in [0.29, 0.717) is 16.1 Å². The molecule has 0 radical (unpaired) electrons. The Balaban J connectivity index is 1.97. The van der Waals surface area contributed by atoms with Crippen LogP contribution >= 0.6 is 22.9 Å². The van der Waals surface area contributed by atoms with Gasteiger partial charge in [-0.2, -0.15) is 0 Å². The van der Waals surface area contributed by atoms with Gasteiger partial charge in [0.1, 0.15) is 16.3 Å². The number of carbonyl (C=O) groups is 2. The molecule has 0 fully saturated rings. The third-order valence-electron chi connectivity index (χ3n) is 3.79. The molecule has 2 aromatic carbocycles. The van der Waals surface area contributed by atoms with Crippen molar-refractivity contribution in [2.24, 2.45) is 0 Å². The van der Waals surface area contributed by atoms with E-state index in [1.807, 2.05) is 0 Å². The highest BCUT2D eigenvalue weighted by atomic mass is 35.5. The van der Waals surface area contributed by atoms with Gasteiger partial charge in [-0.05, 0) is 42.3 Å². The van der Waals surface area contributed by atoms with E-state index in [1.165, 1.54) is 12.1 Å². The van der Waals surface area contributed by atoms with Gasteiger partial charge in [0.2, 0.25) is 0 Å². The van der Waals surface area contributed by atoms with Gasteiger partial charge in [-0.1, -0.05) is 29.8 Å². The molecule has 26 heavy (non-hydrogen) atoms. The molecule has 3 aromatic rings. The minimum Gasteiger partial charge on any atom is -0.507 e. The van der Waals surface area contributed by atoms with Gasteiger partial charge in [0, 0.05) is 16.0 Å². The molecule has 0 saturated heterocycles. The highest BCUT2D eigenvalue weighted by Gasteiger charge is 2.22. The second-order valence-electron chi connectivity index (χ2n) is 5.64. The van der Waals surface area contributed by atoms with Crippen LogP contribution in [0.15, 0.2) is 47.8 Å². The number of thiophene rings is 1. The summed E-state index contributed by atoms with van der Waals surface area (Å²) >= 11 is 6.98. The van der Waals surface area contributed by atoms with Crippen LogP contribution < -0.4 is 5.32 Å². The molecule has 0 spiro atoms. The van der Waals surface area contributed by atoms with Crippen molar-refractivity contribution >= 4 is 39.8 Å². The van der Waals surface area contributed by atoms with Crippen LogP contribution in [-0.4, -0.2) is 22.1 Å². The van der Waals surface area contributed by atoms with E-state index in [-0.39, 0.29) is 21.9 Å². The van der Waals surface area contributed by atoms with Crippen LogP contribution in [0.1, 0.15) is 26.3 Å². The lowest BCUT2D eigenvalue weighted by atomic mass is 10.0. The first-order valence-electron chi connectivity index (χ1n) is 7.58. The van der Waals surface area contributed by atoms with Crippen LogP contribution in [0.2, 0.25) is 5.02 Å². The number of hydrogen-bond acceptors (Lipinski definition) is 4. The van der Waals surface area contributed by atoms with Gasteiger partial charge in [0.25, 0.3) is 5.91 Å². The van der Waals surface area contributed by atoms with Crippen LogP contribution in [0.25, 0.3) is 11.1 Å². The molecular weight excluding hydrogens is 374 g/mol. The number of hydrogen-bond donors (Lipinski definition) is 3. The van der Waals surface area contributed by atoms with Crippen molar-refractivity contribution in [2.75, 3.05) is 5.32 Å². The van der Waals surface area contributed by atoms with E-state index >= 15 is 0 Å². The van der Waals surface area contributed by atoms with E-state index in [0.717, 1.165) is 16.9 Å². The SMILES string of the molecule is Cc1ccc(C(=O)Nc2scc(-c3ccc(Cl)cc3)c2C(=O)O)c(O)c1. The van der Waals surface area contributed by atoms with Crippen LogP contribution in [0.3, 0.4) is 0 Å². The summed E-state index contributed by atoms with van der Waals surface area (Å²) in [6, 6.07) is 11.4. The van der Waals surface area contributed by atoms with Crippen molar-refractivity contribution in [3.05, 3.63) is 69.6 Å². The minimum atomic E-state index is -1.15. The molecule has 0 aliphatic carbocycles. The normalized spacial score (nSPS) is 10.5. The van der Waals surface area contributed by atoms with Crippen LogP contribution in [-0.2, 0) is 0 Å². The van der Waals surface area contributed by atoms with E-state index in [2.05, 4.69) is 5.32 Å². The molecule has 3 N–H and O–H groups in total. The number of carbonyl (C=O) groups excluding carboxylic acids is 1. The van der Waals surface area contributed by atoms with Crippen molar-refractivity contribution in [3.63, 3.8) is 0 Å². The third-order valence-corrected chi connectivity index (χ3v) is 4.93. The molecule has 1 amide bonds. The number of phenols is 1. The number of rotatable bonds is 4. The number of carboxylic acids is 1. The van der Waals surface area contributed by atoms with Gasteiger partial charge in [-0.15, -0.1) is 11.3 Å². The number of amides is 1. The first kappa shape index (κ1) is 18.0. The van der Waals surface area contributed by atoms with Crippen molar-refractivity contribution < 1.29 is 19.8 Å². The Bertz CT molecular complexity index is 995. The van der Waals surface area contributed by atoms with Crippen LogP contribution in [0.5, 0.6) is 5.75 Å². The fraction of sp³-hybridized carbons (Fsp3) is 0.0526. The van der Waals surface area contributed by atoms with Gasteiger partial charge in [-0.25, -0.2) is 4.79 Å². The lowest BCUT2D eigenvalue weighted by Gasteiger charge is -2.08. The molecule has 3 rings (SSSR count). The molecule has 1 aromatic heterocycles. The topological polar surface area (TPSA) is 86.6 Å². The largest absolute Gasteiger partial charge is 0.507 e. The summed E-state index contributed by atoms with van der Waals surface area (Å²) in [4.78, 5) is 24.2. The van der Waals surface area contributed by atoms with Crippen molar-refractivity contribution in [1.29, 1.82) is 0 Å². The maximum absolute atomic E-state index is 12.4. The maximum Gasteiger partial charge on any atom is 0.339 e.